The van der Waals surface area contributed by atoms with Crippen LogP contribution in [0.5, 0.6) is 0 Å². The van der Waals surface area contributed by atoms with Gasteiger partial charge in [-0.05, 0) is 37.5 Å². The van der Waals surface area contributed by atoms with E-state index in [0.29, 0.717) is 6.04 Å². The molecule has 0 amide bonds. The number of nitrogens with two attached hydrogens (primary N) is 1. The maximum atomic E-state index is 6.37. The molecule has 1 unspecified atom stereocenters. The Kier molecular flexibility index (Phi) is 3.90. The number of hydrogen-bond donors (Lipinski definition) is 1. The zero-order valence-electron chi connectivity index (χ0n) is 12.0. The fourth-order valence-electron chi connectivity index (χ4n) is 2.56. The van der Waals surface area contributed by atoms with E-state index in [1.807, 2.05) is 12.1 Å². The Hall–Kier alpha value is -1.58. The average molecular weight is 270 g/mol. The molecular weight excluding hydrogens is 248 g/mol. The molecule has 2 aromatic rings. The molecule has 1 aromatic carbocycles. The largest absolute Gasteiger partial charge is 0.468 e. The Bertz CT molecular complexity index is 529. The summed E-state index contributed by atoms with van der Waals surface area (Å²) < 4.78 is 5.46. The van der Waals surface area contributed by atoms with Crippen LogP contribution < -0.4 is 5.73 Å². The summed E-state index contributed by atoms with van der Waals surface area (Å²) in [6, 6.07) is 13.2. The lowest BCUT2D eigenvalue weighted by Gasteiger charge is -2.25. The zero-order chi connectivity index (χ0) is 13.9. The van der Waals surface area contributed by atoms with Gasteiger partial charge in [-0.25, -0.2) is 0 Å². The third-order valence-corrected chi connectivity index (χ3v) is 3.94. The van der Waals surface area contributed by atoms with Gasteiger partial charge in [-0.3, -0.25) is 4.90 Å². The lowest BCUT2D eigenvalue weighted by molar-refractivity contribution is 0.220. The first-order chi connectivity index (χ1) is 9.72. The van der Waals surface area contributed by atoms with Crippen LogP contribution in [0.2, 0.25) is 0 Å². The van der Waals surface area contributed by atoms with Gasteiger partial charge in [0, 0.05) is 18.6 Å². The molecule has 1 aliphatic rings. The van der Waals surface area contributed by atoms with Crippen molar-refractivity contribution in [1.82, 2.24) is 4.90 Å². The summed E-state index contributed by atoms with van der Waals surface area (Å²) in [7, 11) is 0. The van der Waals surface area contributed by atoms with E-state index in [9.17, 15) is 0 Å². The van der Waals surface area contributed by atoms with Crippen molar-refractivity contribution in [3.05, 3.63) is 59.5 Å². The second kappa shape index (κ2) is 5.81. The minimum Gasteiger partial charge on any atom is -0.468 e. The van der Waals surface area contributed by atoms with E-state index in [1.165, 1.54) is 24.0 Å². The van der Waals surface area contributed by atoms with Gasteiger partial charge in [-0.2, -0.15) is 0 Å². The molecule has 20 heavy (non-hydrogen) atoms. The third-order valence-electron chi connectivity index (χ3n) is 3.94. The van der Waals surface area contributed by atoms with Gasteiger partial charge in [-0.1, -0.05) is 29.8 Å². The number of nitrogens with zero attached hydrogens (tertiary/aromatic N) is 1. The van der Waals surface area contributed by atoms with E-state index in [4.69, 9.17) is 10.2 Å². The molecule has 1 atom stereocenters. The molecule has 1 heterocycles. The molecule has 106 valence electrons. The fourth-order valence-corrected chi connectivity index (χ4v) is 2.56. The van der Waals surface area contributed by atoms with Crippen molar-refractivity contribution in [2.45, 2.75) is 38.4 Å². The van der Waals surface area contributed by atoms with Crippen LogP contribution in [-0.2, 0) is 6.54 Å². The molecule has 3 nitrogen and oxygen atoms in total. The molecule has 0 aliphatic heterocycles. The minimum absolute atomic E-state index is 0.0613. The number of furan rings is 1. The van der Waals surface area contributed by atoms with E-state index in [2.05, 4.69) is 36.1 Å². The molecular formula is C17H22N2O. The average Bonchev–Trinajstić information content (AvgIpc) is 3.17. The number of rotatable bonds is 6. The summed E-state index contributed by atoms with van der Waals surface area (Å²) in [5.74, 6) is 1.02. The molecule has 0 saturated heterocycles. The summed E-state index contributed by atoms with van der Waals surface area (Å²) in [4.78, 5) is 2.45. The van der Waals surface area contributed by atoms with Gasteiger partial charge in [0.1, 0.15) is 5.76 Å². The predicted octanol–water partition coefficient (Wildman–Crippen LogP) is 3.25. The van der Waals surface area contributed by atoms with Crippen LogP contribution in [0, 0.1) is 6.92 Å². The topological polar surface area (TPSA) is 42.4 Å². The van der Waals surface area contributed by atoms with Crippen molar-refractivity contribution in [2.75, 3.05) is 6.54 Å². The molecule has 3 rings (SSSR count). The van der Waals surface area contributed by atoms with Gasteiger partial charge in [0.15, 0.2) is 0 Å². The first-order valence-electron chi connectivity index (χ1n) is 7.31. The number of benzene rings is 1. The van der Waals surface area contributed by atoms with Crippen molar-refractivity contribution < 1.29 is 4.42 Å². The molecule has 0 bridgehead atoms. The quantitative estimate of drug-likeness (QED) is 0.876. The van der Waals surface area contributed by atoms with Crippen molar-refractivity contribution in [2.24, 2.45) is 5.73 Å². The van der Waals surface area contributed by atoms with Crippen molar-refractivity contribution >= 4 is 0 Å². The Morgan fingerprint density at radius 3 is 2.60 bits per heavy atom. The third kappa shape index (κ3) is 3.30. The maximum absolute atomic E-state index is 6.37. The fraction of sp³-hybridized carbons (Fsp3) is 0.412. The highest BCUT2D eigenvalue weighted by molar-refractivity contribution is 5.24. The van der Waals surface area contributed by atoms with Crippen molar-refractivity contribution in [3.8, 4) is 0 Å². The second-order valence-corrected chi connectivity index (χ2v) is 5.76. The van der Waals surface area contributed by atoms with Crippen molar-refractivity contribution in [3.63, 3.8) is 0 Å². The van der Waals surface area contributed by atoms with E-state index in [1.54, 1.807) is 6.26 Å². The molecule has 1 saturated carbocycles. The van der Waals surface area contributed by atoms with Gasteiger partial charge >= 0.3 is 0 Å². The number of hydrogen-bond acceptors (Lipinski definition) is 3. The molecule has 1 fully saturated rings. The smallest absolute Gasteiger partial charge is 0.117 e. The molecule has 0 spiro atoms. The summed E-state index contributed by atoms with van der Waals surface area (Å²) >= 11 is 0. The highest BCUT2D eigenvalue weighted by atomic mass is 16.3. The number of aryl methyl sites for hydroxylation is 1. The van der Waals surface area contributed by atoms with E-state index < -0.39 is 0 Å². The van der Waals surface area contributed by atoms with Gasteiger partial charge in [0.2, 0.25) is 0 Å². The molecule has 0 radical (unpaired) electrons. The van der Waals surface area contributed by atoms with Crippen LogP contribution in [0.1, 0.15) is 35.8 Å². The summed E-state index contributed by atoms with van der Waals surface area (Å²) in [6.07, 6.45) is 4.29. The summed E-state index contributed by atoms with van der Waals surface area (Å²) in [5.41, 5.74) is 8.85. The van der Waals surface area contributed by atoms with Crippen LogP contribution in [-0.4, -0.2) is 17.5 Å². The Labute approximate surface area is 120 Å². The monoisotopic (exact) mass is 270 g/mol. The highest BCUT2D eigenvalue weighted by Crippen LogP contribution is 2.30. The van der Waals surface area contributed by atoms with Gasteiger partial charge in [0.05, 0.1) is 12.8 Å². The van der Waals surface area contributed by atoms with Crippen LogP contribution in [0.4, 0.5) is 0 Å². The van der Waals surface area contributed by atoms with Gasteiger partial charge in [0.25, 0.3) is 0 Å². The van der Waals surface area contributed by atoms with Crippen molar-refractivity contribution in [1.29, 1.82) is 0 Å². The standard InChI is InChI=1S/C17H22N2O/c1-13-4-6-14(7-5-13)17(18)12-19(15-8-9-15)11-16-3-2-10-20-16/h2-7,10,15,17H,8-9,11-12,18H2,1H3. The van der Waals surface area contributed by atoms with Crippen LogP contribution in [0.15, 0.2) is 47.1 Å². The van der Waals surface area contributed by atoms with Gasteiger partial charge < -0.3 is 10.2 Å². The van der Waals surface area contributed by atoms with E-state index in [0.717, 1.165) is 18.8 Å². The maximum Gasteiger partial charge on any atom is 0.117 e. The van der Waals surface area contributed by atoms with Crippen LogP contribution in [0.3, 0.4) is 0 Å². The van der Waals surface area contributed by atoms with E-state index >= 15 is 0 Å². The molecule has 1 aromatic heterocycles. The van der Waals surface area contributed by atoms with Crippen LogP contribution >= 0.6 is 0 Å². The minimum atomic E-state index is 0.0613. The Balaban J connectivity index is 1.65. The molecule has 2 N–H and O–H groups in total. The first kappa shape index (κ1) is 13.4. The Morgan fingerprint density at radius 1 is 1.25 bits per heavy atom. The highest BCUT2D eigenvalue weighted by Gasteiger charge is 2.30. The first-order valence-corrected chi connectivity index (χ1v) is 7.31. The lowest BCUT2D eigenvalue weighted by atomic mass is 10.1. The van der Waals surface area contributed by atoms with E-state index in [-0.39, 0.29) is 6.04 Å². The SMILES string of the molecule is Cc1ccc(C(N)CN(Cc2ccco2)C2CC2)cc1. The van der Waals surface area contributed by atoms with Crippen LogP contribution in [0.25, 0.3) is 0 Å². The van der Waals surface area contributed by atoms with Gasteiger partial charge in [-0.15, -0.1) is 0 Å². The second-order valence-electron chi connectivity index (χ2n) is 5.76. The lowest BCUT2D eigenvalue weighted by Crippen LogP contribution is -2.33. The zero-order valence-corrected chi connectivity index (χ0v) is 12.0. The predicted molar refractivity (Wildman–Crippen MR) is 80.2 cm³/mol. The molecule has 3 heteroatoms. The Morgan fingerprint density at radius 2 is 2.00 bits per heavy atom. The summed E-state index contributed by atoms with van der Waals surface area (Å²) in [6.45, 7) is 3.84. The summed E-state index contributed by atoms with van der Waals surface area (Å²) in [5, 5.41) is 0. The normalized spacial score (nSPS) is 16.6. The molecule has 1 aliphatic carbocycles.